The van der Waals surface area contributed by atoms with E-state index >= 15 is 0 Å². The van der Waals surface area contributed by atoms with Crippen molar-refractivity contribution < 1.29 is 4.57 Å². The van der Waals surface area contributed by atoms with E-state index in [-0.39, 0.29) is 0 Å². The predicted molar refractivity (Wildman–Crippen MR) is 107 cm³/mol. The fourth-order valence-electron chi connectivity index (χ4n) is 3.58. The summed E-state index contributed by atoms with van der Waals surface area (Å²) in [5, 5.41) is 1.89. The Morgan fingerprint density at radius 2 is 1.44 bits per heavy atom. The van der Waals surface area contributed by atoms with Crippen molar-refractivity contribution in [3.8, 4) is 0 Å². The van der Waals surface area contributed by atoms with Gasteiger partial charge in [0, 0.05) is 30.2 Å². The van der Waals surface area contributed by atoms with E-state index in [1.165, 1.54) is 12.8 Å². The van der Waals surface area contributed by atoms with Crippen molar-refractivity contribution in [3.05, 3.63) is 60.7 Å². The monoisotopic (exact) mass is 356 g/mol. The van der Waals surface area contributed by atoms with Gasteiger partial charge >= 0.3 is 0 Å². The molecule has 0 unspecified atom stereocenters. The molecule has 134 valence electrons. The highest BCUT2D eigenvalue weighted by atomic mass is 31.2. The number of nitrogens with zero attached hydrogens (tertiary/aromatic N) is 2. The third kappa shape index (κ3) is 4.23. The molecule has 3 rings (SSSR count). The third-order valence-corrected chi connectivity index (χ3v) is 8.20. The summed E-state index contributed by atoms with van der Waals surface area (Å²) in [6.07, 6.45) is 3.55. The zero-order chi connectivity index (χ0) is 17.5. The molecular formula is C21H29N2OP. The largest absolute Gasteiger partial charge is 0.302 e. The van der Waals surface area contributed by atoms with Crippen molar-refractivity contribution >= 4 is 17.9 Å². The molecule has 0 aromatic heterocycles. The van der Waals surface area contributed by atoms with E-state index < -0.39 is 7.29 Å². The van der Waals surface area contributed by atoms with Crippen LogP contribution in [0.3, 0.4) is 0 Å². The summed E-state index contributed by atoms with van der Waals surface area (Å²) in [5.41, 5.74) is 0. The number of unbranched alkanes of at least 4 members (excludes halogenated alkanes) is 1. The van der Waals surface area contributed by atoms with Crippen LogP contribution in [0, 0.1) is 0 Å². The van der Waals surface area contributed by atoms with Gasteiger partial charge in [0.25, 0.3) is 0 Å². The molecule has 0 aliphatic carbocycles. The summed E-state index contributed by atoms with van der Waals surface area (Å²) < 4.78 is 16.6. The van der Waals surface area contributed by atoms with E-state index in [0.29, 0.717) is 0 Å². The number of hydrogen-bond acceptors (Lipinski definition) is 2. The standard InChI is InChI=1S/C21H29N2OP/c1-2-3-15-22-16-10-17-23(19-18-22)25(24,20-11-6-4-7-12-20)21-13-8-5-9-14-21/h4-9,11-14H,2-3,10,15-19H2,1H3. The second-order valence-electron chi connectivity index (χ2n) is 6.75. The average molecular weight is 356 g/mol. The van der Waals surface area contributed by atoms with Gasteiger partial charge in [0.2, 0.25) is 7.29 Å². The minimum atomic E-state index is -2.77. The molecule has 25 heavy (non-hydrogen) atoms. The minimum absolute atomic E-state index is 0.866. The van der Waals surface area contributed by atoms with E-state index in [1.54, 1.807) is 0 Å². The Balaban J connectivity index is 1.89. The molecule has 1 fully saturated rings. The molecule has 1 aliphatic heterocycles. The van der Waals surface area contributed by atoms with E-state index in [4.69, 9.17) is 0 Å². The lowest BCUT2D eigenvalue weighted by molar-refractivity contribution is 0.282. The zero-order valence-electron chi connectivity index (χ0n) is 15.2. The van der Waals surface area contributed by atoms with Gasteiger partial charge in [-0.2, -0.15) is 0 Å². The molecule has 2 aromatic carbocycles. The third-order valence-electron chi connectivity index (χ3n) is 5.00. The van der Waals surface area contributed by atoms with Gasteiger partial charge in [-0.1, -0.05) is 49.7 Å². The lowest BCUT2D eigenvalue weighted by atomic mass is 10.3. The quantitative estimate of drug-likeness (QED) is 0.737. The highest BCUT2D eigenvalue weighted by molar-refractivity contribution is 7.76. The molecule has 0 amide bonds. The van der Waals surface area contributed by atoms with Crippen molar-refractivity contribution in [2.75, 3.05) is 32.7 Å². The van der Waals surface area contributed by atoms with Gasteiger partial charge < -0.3 is 4.90 Å². The number of rotatable bonds is 6. The second-order valence-corrected chi connectivity index (χ2v) is 9.50. The zero-order valence-corrected chi connectivity index (χ0v) is 16.1. The van der Waals surface area contributed by atoms with Crippen LogP contribution in [0.2, 0.25) is 0 Å². The first-order chi connectivity index (χ1) is 12.2. The van der Waals surface area contributed by atoms with E-state index in [0.717, 1.165) is 49.8 Å². The summed E-state index contributed by atoms with van der Waals surface area (Å²) in [6, 6.07) is 20.1. The van der Waals surface area contributed by atoms with Crippen molar-refractivity contribution in [1.29, 1.82) is 0 Å². The average Bonchev–Trinajstić information content (AvgIpc) is 2.93. The molecule has 4 heteroatoms. The van der Waals surface area contributed by atoms with Crippen molar-refractivity contribution in [2.45, 2.75) is 26.2 Å². The fourth-order valence-corrected chi connectivity index (χ4v) is 6.48. The van der Waals surface area contributed by atoms with Crippen molar-refractivity contribution in [1.82, 2.24) is 9.57 Å². The molecule has 0 bridgehead atoms. The maximum absolute atomic E-state index is 14.4. The van der Waals surface area contributed by atoms with E-state index in [2.05, 4.69) is 16.5 Å². The summed E-state index contributed by atoms with van der Waals surface area (Å²) in [4.78, 5) is 2.53. The van der Waals surface area contributed by atoms with Gasteiger partial charge in [-0.3, -0.25) is 4.57 Å². The van der Waals surface area contributed by atoms with E-state index in [9.17, 15) is 4.57 Å². The maximum Gasteiger partial charge on any atom is 0.207 e. The summed E-state index contributed by atoms with van der Waals surface area (Å²) >= 11 is 0. The first-order valence-corrected chi connectivity index (χ1v) is 11.1. The Kier molecular flexibility index (Phi) is 6.47. The Labute approximate surface area is 152 Å². The minimum Gasteiger partial charge on any atom is -0.302 e. The lowest BCUT2D eigenvalue weighted by Gasteiger charge is -2.31. The van der Waals surface area contributed by atoms with E-state index in [1.807, 2.05) is 60.7 Å². The lowest BCUT2D eigenvalue weighted by Crippen LogP contribution is -2.35. The van der Waals surface area contributed by atoms with Gasteiger partial charge in [0.1, 0.15) is 0 Å². The molecule has 0 radical (unpaired) electrons. The Morgan fingerprint density at radius 1 is 0.840 bits per heavy atom. The highest BCUT2D eigenvalue weighted by Gasteiger charge is 2.35. The van der Waals surface area contributed by atoms with Gasteiger partial charge in [-0.15, -0.1) is 0 Å². The normalized spacial score (nSPS) is 17.3. The smallest absolute Gasteiger partial charge is 0.207 e. The van der Waals surface area contributed by atoms with Crippen LogP contribution in [0.5, 0.6) is 0 Å². The Bertz CT molecular complexity index is 646. The first-order valence-electron chi connectivity index (χ1n) is 9.44. The van der Waals surface area contributed by atoms with Crippen LogP contribution >= 0.6 is 7.29 Å². The SMILES string of the molecule is CCCCN1CCCN(P(=O)(c2ccccc2)c2ccccc2)CC1. The predicted octanol–water partition coefficient (Wildman–Crippen LogP) is 3.72. The summed E-state index contributed by atoms with van der Waals surface area (Å²) in [5.74, 6) is 0. The van der Waals surface area contributed by atoms with Gasteiger partial charge in [-0.25, -0.2) is 4.67 Å². The topological polar surface area (TPSA) is 23.6 Å². The highest BCUT2D eigenvalue weighted by Crippen LogP contribution is 2.47. The van der Waals surface area contributed by atoms with Crippen LogP contribution in [0.15, 0.2) is 60.7 Å². The summed E-state index contributed by atoms with van der Waals surface area (Å²) in [7, 11) is -2.77. The molecule has 2 aromatic rings. The van der Waals surface area contributed by atoms with Crippen molar-refractivity contribution in [3.63, 3.8) is 0 Å². The second kappa shape index (κ2) is 8.80. The van der Waals surface area contributed by atoms with Crippen molar-refractivity contribution in [2.24, 2.45) is 0 Å². The molecule has 0 atom stereocenters. The number of hydrogen-bond donors (Lipinski definition) is 0. The molecule has 1 aliphatic rings. The molecule has 0 spiro atoms. The molecule has 1 saturated heterocycles. The Morgan fingerprint density at radius 3 is 2.00 bits per heavy atom. The number of benzene rings is 2. The van der Waals surface area contributed by atoms with Crippen LogP contribution in [0.1, 0.15) is 26.2 Å². The van der Waals surface area contributed by atoms with Gasteiger partial charge in [0.05, 0.1) is 0 Å². The molecule has 3 nitrogen and oxygen atoms in total. The van der Waals surface area contributed by atoms with Crippen LogP contribution in [-0.2, 0) is 4.57 Å². The van der Waals surface area contributed by atoms with Crippen LogP contribution < -0.4 is 10.6 Å². The van der Waals surface area contributed by atoms with Crippen LogP contribution in [-0.4, -0.2) is 42.3 Å². The molecule has 0 N–H and O–H groups in total. The molecule has 1 heterocycles. The fraction of sp³-hybridized carbons (Fsp3) is 0.429. The van der Waals surface area contributed by atoms with Crippen LogP contribution in [0.4, 0.5) is 0 Å². The van der Waals surface area contributed by atoms with Crippen LogP contribution in [0.25, 0.3) is 0 Å². The molecular weight excluding hydrogens is 327 g/mol. The van der Waals surface area contributed by atoms with Gasteiger partial charge in [0.15, 0.2) is 0 Å². The summed E-state index contributed by atoms with van der Waals surface area (Å²) in [6.45, 7) is 7.27. The Hall–Kier alpha value is -1.41. The first kappa shape index (κ1) is 18.4. The maximum atomic E-state index is 14.4. The van der Waals surface area contributed by atoms with Gasteiger partial charge in [-0.05, 0) is 50.2 Å². The molecule has 0 saturated carbocycles.